The molecule has 1 fully saturated rings. The number of nitrogens with zero attached hydrogens (tertiary/aromatic N) is 1. The van der Waals surface area contributed by atoms with Crippen molar-refractivity contribution in [3.05, 3.63) is 22.7 Å². The lowest BCUT2D eigenvalue weighted by Gasteiger charge is -2.35. The van der Waals surface area contributed by atoms with Crippen LogP contribution >= 0.6 is 23.4 Å². The first-order valence-electron chi connectivity index (χ1n) is 9.06. The van der Waals surface area contributed by atoms with E-state index in [0.717, 1.165) is 12.2 Å². The van der Waals surface area contributed by atoms with Crippen molar-refractivity contribution in [1.82, 2.24) is 4.90 Å². The average molecular weight is 416 g/mol. The Bertz CT molecular complexity index is 670. The number of halogens is 1. The second-order valence-electron chi connectivity index (χ2n) is 6.07. The number of carbonyl (C=O) groups excluding carboxylic acids is 2. The van der Waals surface area contributed by atoms with Crippen molar-refractivity contribution in [3.8, 4) is 11.5 Å². The predicted octanol–water partition coefficient (Wildman–Crippen LogP) is 3.65. The van der Waals surface area contributed by atoms with Crippen molar-refractivity contribution >= 4 is 35.2 Å². The fourth-order valence-electron chi connectivity index (χ4n) is 2.83. The van der Waals surface area contributed by atoms with Gasteiger partial charge in [0.2, 0.25) is 0 Å². The molecule has 2 rings (SSSR count). The molecule has 27 heavy (non-hydrogen) atoms. The normalized spacial score (nSPS) is 16.7. The van der Waals surface area contributed by atoms with Gasteiger partial charge in [0.1, 0.15) is 0 Å². The van der Waals surface area contributed by atoms with Crippen LogP contribution in [0.1, 0.15) is 37.0 Å². The second kappa shape index (κ2) is 10.7. The number of esters is 1. The zero-order valence-corrected chi connectivity index (χ0v) is 17.5. The number of methoxy groups -OCH3 is 1. The minimum Gasteiger partial charge on any atom is -0.490 e. The molecule has 0 saturated carbocycles. The summed E-state index contributed by atoms with van der Waals surface area (Å²) in [7, 11) is 1.35. The van der Waals surface area contributed by atoms with Crippen molar-refractivity contribution in [1.29, 1.82) is 0 Å². The summed E-state index contributed by atoms with van der Waals surface area (Å²) in [6.07, 6.45) is 1.02. The lowest BCUT2D eigenvalue weighted by Crippen LogP contribution is -2.47. The van der Waals surface area contributed by atoms with E-state index in [1.807, 2.05) is 13.8 Å². The third-order valence-electron chi connectivity index (χ3n) is 4.13. The molecular weight excluding hydrogens is 390 g/mol. The van der Waals surface area contributed by atoms with Crippen LogP contribution in [0.5, 0.6) is 11.5 Å². The van der Waals surface area contributed by atoms with Crippen LogP contribution in [0, 0.1) is 0 Å². The van der Waals surface area contributed by atoms with Crippen LogP contribution in [0.3, 0.4) is 0 Å². The van der Waals surface area contributed by atoms with E-state index in [-0.39, 0.29) is 24.3 Å². The first kappa shape index (κ1) is 21.7. The fourth-order valence-corrected chi connectivity index (χ4v) is 4.16. The van der Waals surface area contributed by atoms with Gasteiger partial charge in [0.25, 0.3) is 5.91 Å². The Morgan fingerprint density at radius 1 is 1.30 bits per heavy atom. The molecule has 6 nitrogen and oxygen atoms in total. The highest BCUT2D eigenvalue weighted by Gasteiger charge is 2.30. The van der Waals surface area contributed by atoms with E-state index < -0.39 is 0 Å². The minimum atomic E-state index is -0.323. The van der Waals surface area contributed by atoms with Crippen molar-refractivity contribution in [2.75, 3.05) is 38.4 Å². The molecule has 1 aliphatic heterocycles. The van der Waals surface area contributed by atoms with Gasteiger partial charge in [-0.3, -0.25) is 9.59 Å². The smallest absolute Gasteiger partial charge is 0.307 e. The summed E-state index contributed by atoms with van der Waals surface area (Å²) in [5, 5.41) is 0.341. The third kappa shape index (κ3) is 5.69. The third-order valence-corrected chi connectivity index (χ3v) is 5.50. The number of benzene rings is 1. The molecule has 1 heterocycles. The number of hydrogen-bond acceptors (Lipinski definition) is 6. The van der Waals surface area contributed by atoms with E-state index in [2.05, 4.69) is 0 Å². The van der Waals surface area contributed by atoms with E-state index in [1.54, 1.807) is 28.8 Å². The van der Waals surface area contributed by atoms with Crippen LogP contribution in [-0.2, 0) is 9.53 Å². The lowest BCUT2D eigenvalue weighted by atomic mass is 10.1. The molecule has 0 unspecified atom stereocenters. The van der Waals surface area contributed by atoms with Crippen LogP contribution in [0.2, 0.25) is 5.02 Å². The summed E-state index contributed by atoms with van der Waals surface area (Å²) in [5.74, 6) is 1.94. The Hall–Kier alpha value is -1.60. The SMILES string of the molecule is CCCOc1c(Cl)cc(C(=O)N2CCSC[C@@H]2CC(=O)OC)cc1OCC. The van der Waals surface area contributed by atoms with Crippen LogP contribution < -0.4 is 9.47 Å². The van der Waals surface area contributed by atoms with Crippen molar-refractivity contribution in [3.63, 3.8) is 0 Å². The van der Waals surface area contributed by atoms with Gasteiger partial charge in [0.05, 0.1) is 37.8 Å². The van der Waals surface area contributed by atoms with Gasteiger partial charge in [-0.25, -0.2) is 0 Å². The van der Waals surface area contributed by atoms with E-state index >= 15 is 0 Å². The molecule has 8 heteroatoms. The monoisotopic (exact) mass is 415 g/mol. The highest BCUT2D eigenvalue weighted by atomic mass is 35.5. The molecule has 0 aliphatic carbocycles. The maximum absolute atomic E-state index is 13.1. The largest absolute Gasteiger partial charge is 0.490 e. The summed E-state index contributed by atoms with van der Waals surface area (Å²) in [5.41, 5.74) is 0.425. The number of rotatable bonds is 8. The first-order chi connectivity index (χ1) is 13.0. The molecule has 0 radical (unpaired) electrons. The maximum atomic E-state index is 13.1. The molecule has 1 saturated heterocycles. The molecule has 1 aromatic rings. The predicted molar refractivity (Wildman–Crippen MR) is 107 cm³/mol. The first-order valence-corrected chi connectivity index (χ1v) is 10.6. The topological polar surface area (TPSA) is 65.1 Å². The quantitative estimate of drug-likeness (QED) is 0.604. The highest BCUT2D eigenvalue weighted by molar-refractivity contribution is 7.99. The molecular formula is C19H26ClNO5S. The number of ether oxygens (including phenoxy) is 3. The maximum Gasteiger partial charge on any atom is 0.307 e. The van der Waals surface area contributed by atoms with Gasteiger partial charge >= 0.3 is 5.97 Å². The zero-order valence-electron chi connectivity index (χ0n) is 16.0. The number of hydrogen-bond donors (Lipinski definition) is 0. The van der Waals surface area contributed by atoms with Gasteiger partial charge in [0, 0.05) is 23.6 Å². The van der Waals surface area contributed by atoms with Crippen molar-refractivity contribution in [2.24, 2.45) is 0 Å². The number of thioether (sulfide) groups is 1. The highest BCUT2D eigenvalue weighted by Crippen LogP contribution is 2.37. The number of amides is 1. The summed E-state index contributed by atoms with van der Waals surface area (Å²) in [4.78, 5) is 26.5. The zero-order chi connectivity index (χ0) is 19.8. The van der Waals surface area contributed by atoms with Crippen molar-refractivity contribution in [2.45, 2.75) is 32.7 Å². The molecule has 1 aliphatic rings. The molecule has 0 bridgehead atoms. The number of carbonyl (C=O) groups is 2. The Morgan fingerprint density at radius 3 is 2.74 bits per heavy atom. The van der Waals surface area contributed by atoms with E-state index in [0.29, 0.717) is 47.6 Å². The van der Waals surface area contributed by atoms with Crippen molar-refractivity contribution < 1.29 is 23.8 Å². The molecule has 1 aromatic carbocycles. The van der Waals surface area contributed by atoms with Gasteiger partial charge in [-0.2, -0.15) is 11.8 Å². The molecule has 0 spiro atoms. The van der Waals surface area contributed by atoms with E-state index in [4.69, 9.17) is 25.8 Å². The summed E-state index contributed by atoms with van der Waals surface area (Å²) in [6.45, 7) is 5.38. The van der Waals surface area contributed by atoms with Crippen LogP contribution in [0.4, 0.5) is 0 Å². The van der Waals surface area contributed by atoms with Crippen LogP contribution in [0.25, 0.3) is 0 Å². The fraction of sp³-hybridized carbons (Fsp3) is 0.579. The van der Waals surface area contributed by atoms with E-state index in [9.17, 15) is 9.59 Å². The van der Waals surface area contributed by atoms with Gasteiger partial charge in [-0.1, -0.05) is 18.5 Å². The Kier molecular flexibility index (Phi) is 8.57. The van der Waals surface area contributed by atoms with Crippen LogP contribution in [-0.4, -0.2) is 61.2 Å². The standard InChI is InChI=1S/C19H26ClNO5S/c1-4-7-26-18-15(20)9-13(10-16(18)25-5-2)19(23)21-6-8-27-12-14(21)11-17(22)24-3/h9-10,14H,4-8,11-12H2,1-3H3/t14-/m0/s1. The summed E-state index contributed by atoms with van der Waals surface area (Å²) < 4.78 is 16.1. The summed E-state index contributed by atoms with van der Waals surface area (Å²) >= 11 is 8.10. The molecule has 1 atom stereocenters. The van der Waals surface area contributed by atoms with Gasteiger partial charge in [-0.05, 0) is 25.5 Å². The molecule has 1 amide bonds. The van der Waals surface area contributed by atoms with Crippen LogP contribution in [0.15, 0.2) is 12.1 Å². The Labute approximate surface area is 169 Å². The second-order valence-corrected chi connectivity index (χ2v) is 7.63. The van der Waals surface area contributed by atoms with Gasteiger partial charge in [0.15, 0.2) is 11.5 Å². The summed E-state index contributed by atoms with van der Waals surface area (Å²) in [6, 6.07) is 3.07. The average Bonchev–Trinajstić information content (AvgIpc) is 2.67. The van der Waals surface area contributed by atoms with Gasteiger partial charge in [-0.15, -0.1) is 0 Å². The molecule has 150 valence electrons. The lowest BCUT2D eigenvalue weighted by molar-refractivity contribution is -0.141. The molecule has 0 N–H and O–H groups in total. The Morgan fingerprint density at radius 2 is 2.07 bits per heavy atom. The Balaban J connectivity index is 2.28. The molecule has 0 aromatic heterocycles. The minimum absolute atomic E-state index is 0.172. The van der Waals surface area contributed by atoms with Gasteiger partial charge < -0.3 is 19.1 Å². The van der Waals surface area contributed by atoms with E-state index in [1.165, 1.54) is 7.11 Å².